The van der Waals surface area contributed by atoms with Gasteiger partial charge in [-0.1, -0.05) is 30.3 Å². The summed E-state index contributed by atoms with van der Waals surface area (Å²) >= 11 is 0. The third kappa shape index (κ3) is 4.21. The third-order valence-electron chi connectivity index (χ3n) is 3.07. The van der Waals surface area contributed by atoms with Crippen LogP contribution in [0.5, 0.6) is 0 Å². The van der Waals surface area contributed by atoms with E-state index < -0.39 is 0 Å². The summed E-state index contributed by atoms with van der Waals surface area (Å²) in [4.78, 5) is 15.8. The maximum Gasteiger partial charge on any atom is 0.220 e. The monoisotopic (exact) mass is 254 g/mol. The maximum atomic E-state index is 11.9. The predicted octanol–water partition coefficient (Wildman–Crippen LogP) is 2.89. The minimum Gasteiger partial charge on any atom is -0.350 e. The van der Waals surface area contributed by atoms with Crippen LogP contribution in [0.3, 0.4) is 0 Å². The van der Waals surface area contributed by atoms with Crippen LogP contribution in [0.4, 0.5) is 0 Å². The topological polar surface area (TPSA) is 42.0 Å². The normalized spacial score (nSPS) is 11.8. The van der Waals surface area contributed by atoms with Crippen LogP contribution in [0.25, 0.3) is 0 Å². The molecule has 3 heteroatoms. The van der Waals surface area contributed by atoms with Crippen LogP contribution in [-0.4, -0.2) is 10.9 Å². The number of pyridine rings is 1. The Kier molecular flexibility index (Phi) is 4.67. The highest BCUT2D eigenvalue weighted by Crippen LogP contribution is 2.10. The van der Waals surface area contributed by atoms with Crippen LogP contribution in [0.2, 0.25) is 0 Å². The Morgan fingerprint density at radius 2 is 1.84 bits per heavy atom. The van der Waals surface area contributed by atoms with Gasteiger partial charge in [-0.15, -0.1) is 0 Å². The van der Waals surface area contributed by atoms with Gasteiger partial charge in [0.2, 0.25) is 5.91 Å². The summed E-state index contributed by atoms with van der Waals surface area (Å²) in [6.45, 7) is 1.98. The van der Waals surface area contributed by atoms with Crippen molar-refractivity contribution in [3.8, 4) is 0 Å². The highest BCUT2D eigenvalue weighted by molar-refractivity contribution is 5.76. The number of nitrogens with one attached hydrogen (secondary N) is 1. The van der Waals surface area contributed by atoms with Gasteiger partial charge >= 0.3 is 0 Å². The van der Waals surface area contributed by atoms with Crippen LogP contribution >= 0.6 is 0 Å². The van der Waals surface area contributed by atoms with Gasteiger partial charge < -0.3 is 5.32 Å². The van der Waals surface area contributed by atoms with Crippen LogP contribution in [-0.2, 0) is 11.2 Å². The molecule has 0 spiro atoms. The van der Waals surface area contributed by atoms with E-state index in [1.165, 1.54) is 5.56 Å². The van der Waals surface area contributed by atoms with Gasteiger partial charge in [-0.05, 0) is 36.6 Å². The van der Waals surface area contributed by atoms with Crippen LogP contribution in [0.1, 0.15) is 30.5 Å². The molecule has 1 aromatic carbocycles. The summed E-state index contributed by atoms with van der Waals surface area (Å²) < 4.78 is 0. The SMILES string of the molecule is CC(NC(=O)CCc1ccccc1)c1ccncc1. The minimum atomic E-state index is 0.0197. The molecule has 1 amide bonds. The van der Waals surface area contributed by atoms with E-state index in [0.29, 0.717) is 6.42 Å². The molecule has 0 saturated carbocycles. The predicted molar refractivity (Wildman–Crippen MR) is 75.6 cm³/mol. The van der Waals surface area contributed by atoms with Crippen LogP contribution in [0.15, 0.2) is 54.9 Å². The zero-order chi connectivity index (χ0) is 13.5. The lowest BCUT2D eigenvalue weighted by Crippen LogP contribution is -2.26. The number of amides is 1. The Labute approximate surface area is 113 Å². The Morgan fingerprint density at radius 3 is 2.53 bits per heavy atom. The van der Waals surface area contributed by atoms with E-state index in [1.54, 1.807) is 12.4 Å². The molecule has 1 heterocycles. The lowest BCUT2D eigenvalue weighted by atomic mass is 10.1. The first-order chi connectivity index (χ1) is 9.25. The molecular weight excluding hydrogens is 236 g/mol. The summed E-state index contributed by atoms with van der Waals surface area (Å²) in [6, 6.07) is 13.9. The second-order valence-corrected chi connectivity index (χ2v) is 4.56. The summed E-state index contributed by atoms with van der Waals surface area (Å²) in [5.74, 6) is 0.0770. The molecule has 0 aliphatic heterocycles. The van der Waals surface area contributed by atoms with Crippen LogP contribution < -0.4 is 5.32 Å². The molecule has 0 fully saturated rings. The zero-order valence-electron chi connectivity index (χ0n) is 11.0. The zero-order valence-corrected chi connectivity index (χ0v) is 11.0. The van der Waals surface area contributed by atoms with Gasteiger partial charge in [-0.2, -0.15) is 0 Å². The van der Waals surface area contributed by atoms with E-state index in [2.05, 4.69) is 10.3 Å². The minimum absolute atomic E-state index is 0.0197. The van der Waals surface area contributed by atoms with Gasteiger partial charge in [0.1, 0.15) is 0 Å². The molecule has 3 nitrogen and oxygen atoms in total. The van der Waals surface area contributed by atoms with Crippen molar-refractivity contribution in [1.29, 1.82) is 0 Å². The van der Waals surface area contributed by atoms with Crippen molar-refractivity contribution >= 4 is 5.91 Å². The van der Waals surface area contributed by atoms with Gasteiger partial charge in [-0.3, -0.25) is 9.78 Å². The molecule has 98 valence electrons. The number of carbonyl (C=O) groups excluding carboxylic acids is 1. The fourth-order valence-electron chi connectivity index (χ4n) is 1.95. The van der Waals surface area contributed by atoms with Crippen molar-refractivity contribution in [2.75, 3.05) is 0 Å². The average molecular weight is 254 g/mol. The van der Waals surface area contributed by atoms with E-state index >= 15 is 0 Å². The van der Waals surface area contributed by atoms with Crippen LogP contribution in [0, 0.1) is 0 Å². The van der Waals surface area contributed by atoms with Crippen molar-refractivity contribution < 1.29 is 4.79 Å². The Hall–Kier alpha value is -2.16. The van der Waals surface area contributed by atoms with Crippen molar-refractivity contribution in [2.24, 2.45) is 0 Å². The van der Waals surface area contributed by atoms with Gasteiger partial charge in [0.25, 0.3) is 0 Å². The highest BCUT2D eigenvalue weighted by atomic mass is 16.1. The number of aromatic nitrogens is 1. The van der Waals surface area contributed by atoms with Crippen molar-refractivity contribution in [3.05, 3.63) is 66.0 Å². The summed E-state index contributed by atoms with van der Waals surface area (Å²) in [5, 5.41) is 3.00. The summed E-state index contributed by atoms with van der Waals surface area (Å²) in [7, 11) is 0. The molecule has 2 rings (SSSR count). The molecule has 1 aromatic heterocycles. The van der Waals surface area contributed by atoms with E-state index in [9.17, 15) is 4.79 Å². The molecule has 0 radical (unpaired) electrons. The number of hydrogen-bond acceptors (Lipinski definition) is 2. The molecule has 0 saturated heterocycles. The standard InChI is InChI=1S/C16H18N2O/c1-13(15-9-11-17-12-10-15)18-16(19)8-7-14-5-3-2-4-6-14/h2-6,9-13H,7-8H2,1H3,(H,18,19). The lowest BCUT2D eigenvalue weighted by molar-refractivity contribution is -0.121. The first kappa shape index (κ1) is 13.3. The Bertz CT molecular complexity index is 511. The largest absolute Gasteiger partial charge is 0.350 e. The average Bonchev–Trinajstić information content (AvgIpc) is 2.47. The fourth-order valence-corrected chi connectivity index (χ4v) is 1.95. The number of nitrogens with zero attached hydrogens (tertiary/aromatic N) is 1. The highest BCUT2D eigenvalue weighted by Gasteiger charge is 2.09. The number of benzene rings is 1. The second kappa shape index (κ2) is 6.69. The maximum absolute atomic E-state index is 11.9. The van der Waals surface area contributed by atoms with Gasteiger partial charge in [0.05, 0.1) is 6.04 Å². The molecule has 2 aromatic rings. The molecule has 0 aliphatic rings. The quantitative estimate of drug-likeness (QED) is 0.891. The molecule has 19 heavy (non-hydrogen) atoms. The molecule has 1 N–H and O–H groups in total. The Balaban J connectivity index is 1.82. The van der Waals surface area contributed by atoms with E-state index in [-0.39, 0.29) is 11.9 Å². The van der Waals surface area contributed by atoms with Gasteiger partial charge in [-0.25, -0.2) is 0 Å². The lowest BCUT2D eigenvalue weighted by Gasteiger charge is -2.14. The summed E-state index contributed by atoms with van der Waals surface area (Å²) in [6.07, 6.45) is 4.76. The summed E-state index contributed by atoms with van der Waals surface area (Å²) in [5.41, 5.74) is 2.26. The van der Waals surface area contributed by atoms with Crippen molar-refractivity contribution in [2.45, 2.75) is 25.8 Å². The number of rotatable bonds is 5. The van der Waals surface area contributed by atoms with E-state index in [0.717, 1.165) is 12.0 Å². The molecule has 0 aliphatic carbocycles. The fraction of sp³-hybridized carbons (Fsp3) is 0.250. The number of aryl methyl sites for hydroxylation is 1. The molecule has 1 atom stereocenters. The van der Waals surface area contributed by atoms with E-state index in [4.69, 9.17) is 0 Å². The Morgan fingerprint density at radius 1 is 1.16 bits per heavy atom. The van der Waals surface area contributed by atoms with Gasteiger partial charge in [0, 0.05) is 18.8 Å². The third-order valence-corrected chi connectivity index (χ3v) is 3.07. The molecular formula is C16H18N2O. The van der Waals surface area contributed by atoms with E-state index in [1.807, 2.05) is 49.4 Å². The first-order valence-corrected chi connectivity index (χ1v) is 6.49. The first-order valence-electron chi connectivity index (χ1n) is 6.49. The smallest absolute Gasteiger partial charge is 0.220 e. The number of hydrogen-bond donors (Lipinski definition) is 1. The molecule has 1 unspecified atom stereocenters. The van der Waals surface area contributed by atoms with Gasteiger partial charge in [0.15, 0.2) is 0 Å². The van der Waals surface area contributed by atoms with Crippen molar-refractivity contribution in [3.63, 3.8) is 0 Å². The molecule has 0 bridgehead atoms. The number of carbonyl (C=O) groups is 1. The second-order valence-electron chi connectivity index (χ2n) is 4.56. The van der Waals surface area contributed by atoms with Crippen molar-refractivity contribution in [1.82, 2.24) is 10.3 Å².